The predicted octanol–water partition coefficient (Wildman–Crippen LogP) is 14.2. The lowest BCUT2D eigenvalue weighted by atomic mass is 10.0. The Morgan fingerprint density at radius 1 is 0.509 bits per heavy atom. The van der Waals surface area contributed by atoms with Crippen molar-refractivity contribution in [3.63, 3.8) is 0 Å². The number of allylic oxidation sites excluding steroid dienone is 8. The van der Waals surface area contributed by atoms with Crippen molar-refractivity contribution in [1.82, 2.24) is 0 Å². The van der Waals surface area contributed by atoms with Gasteiger partial charge in [-0.25, -0.2) is 4.57 Å². The number of hydrogen-bond acceptors (Lipinski definition) is 7. The summed E-state index contributed by atoms with van der Waals surface area (Å²) in [5, 5.41) is 0. The molecule has 0 radical (unpaired) electrons. The number of rotatable bonds is 41. The normalized spacial score (nSPS) is 13.7. The van der Waals surface area contributed by atoms with E-state index in [1.165, 1.54) is 109 Å². The zero-order valence-corrected chi connectivity index (χ0v) is 36.5. The van der Waals surface area contributed by atoms with Gasteiger partial charge < -0.3 is 14.4 Å². The number of carbonyl (C=O) groups excluding carboxylic acids is 2. The Bertz CT molecular complexity index is 1040. The van der Waals surface area contributed by atoms with Crippen LogP contribution in [0, 0.1) is 0 Å². The van der Waals surface area contributed by atoms with Crippen molar-refractivity contribution in [2.45, 2.75) is 213 Å². The van der Waals surface area contributed by atoms with Crippen molar-refractivity contribution >= 4 is 19.8 Å². The summed E-state index contributed by atoms with van der Waals surface area (Å²) in [6.45, 7) is 5.33. The van der Waals surface area contributed by atoms with Crippen LogP contribution >= 0.6 is 7.82 Å². The lowest BCUT2D eigenvalue weighted by Crippen LogP contribution is -2.29. The van der Waals surface area contributed by atoms with Crippen LogP contribution < -0.4 is 0 Å². The quantitative estimate of drug-likeness (QED) is 0.0282. The van der Waals surface area contributed by atoms with E-state index in [1.54, 1.807) is 6.92 Å². The van der Waals surface area contributed by atoms with Gasteiger partial charge in [0.1, 0.15) is 6.61 Å². The first-order valence-electron chi connectivity index (χ1n) is 22.4. The van der Waals surface area contributed by atoms with Crippen molar-refractivity contribution in [1.29, 1.82) is 0 Å². The van der Waals surface area contributed by atoms with E-state index >= 15 is 0 Å². The first kappa shape index (κ1) is 53.0. The monoisotopic (exact) mass is 795 g/mol. The van der Waals surface area contributed by atoms with Gasteiger partial charge in [0.05, 0.1) is 13.2 Å². The van der Waals surface area contributed by atoms with E-state index in [9.17, 15) is 19.0 Å². The molecular formula is C46H83O8P. The van der Waals surface area contributed by atoms with Gasteiger partial charge in [-0.05, 0) is 58.3 Å². The van der Waals surface area contributed by atoms with Gasteiger partial charge in [-0.1, -0.05) is 184 Å². The molecule has 0 aliphatic rings. The van der Waals surface area contributed by atoms with Crippen LogP contribution in [-0.4, -0.2) is 42.8 Å². The SMILES string of the molecule is CC/C=C\C/C=C\C/C=C\C/C=C\CCCCC(=O)OC(COC(=O)CCCCCCCCCCCCCCCCCCCCCC)COP(=O)(O)OCC. The van der Waals surface area contributed by atoms with E-state index in [-0.39, 0.29) is 32.0 Å². The van der Waals surface area contributed by atoms with Crippen molar-refractivity contribution in [2.75, 3.05) is 19.8 Å². The van der Waals surface area contributed by atoms with Gasteiger partial charge in [0, 0.05) is 12.8 Å². The summed E-state index contributed by atoms with van der Waals surface area (Å²) in [5.41, 5.74) is 0. The zero-order valence-electron chi connectivity index (χ0n) is 35.6. The molecular weight excluding hydrogens is 711 g/mol. The molecule has 320 valence electrons. The van der Waals surface area contributed by atoms with Gasteiger partial charge in [-0.3, -0.25) is 18.6 Å². The number of phosphoric ester groups is 1. The fraction of sp³-hybridized carbons (Fsp3) is 0.783. The molecule has 0 saturated heterocycles. The van der Waals surface area contributed by atoms with E-state index < -0.39 is 26.5 Å². The highest BCUT2D eigenvalue weighted by molar-refractivity contribution is 7.47. The van der Waals surface area contributed by atoms with Gasteiger partial charge in [0.15, 0.2) is 6.10 Å². The molecule has 0 aromatic carbocycles. The van der Waals surface area contributed by atoms with Crippen molar-refractivity contribution in [3.05, 3.63) is 48.6 Å². The smallest absolute Gasteiger partial charge is 0.462 e. The second kappa shape index (κ2) is 41.6. The third-order valence-corrected chi connectivity index (χ3v) is 10.5. The molecule has 0 fully saturated rings. The van der Waals surface area contributed by atoms with Crippen LogP contribution in [0.25, 0.3) is 0 Å². The average molecular weight is 795 g/mol. The van der Waals surface area contributed by atoms with Crippen LogP contribution in [0.15, 0.2) is 48.6 Å². The maximum atomic E-state index is 12.5. The molecule has 55 heavy (non-hydrogen) atoms. The minimum atomic E-state index is -4.29. The molecule has 0 aromatic rings. The topological polar surface area (TPSA) is 108 Å². The van der Waals surface area contributed by atoms with Crippen LogP contribution in [0.1, 0.15) is 207 Å². The summed E-state index contributed by atoms with van der Waals surface area (Å²) in [7, 11) is -4.29. The third kappa shape index (κ3) is 41.5. The highest BCUT2D eigenvalue weighted by Gasteiger charge is 2.25. The Kier molecular flexibility index (Phi) is 40.1. The van der Waals surface area contributed by atoms with Crippen LogP contribution in [0.2, 0.25) is 0 Å². The van der Waals surface area contributed by atoms with Gasteiger partial charge in [0.2, 0.25) is 0 Å². The molecule has 0 aliphatic carbocycles. The van der Waals surface area contributed by atoms with Crippen molar-refractivity contribution in [3.8, 4) is 0 Å². The van der Waals surface area contributed by atoms with E-state index in [0.29, 0.717) is 6.42 Å². The Hall–Kier alpha value is -1.99. The molecule has 2 unspecified atom stereocenters. The van der Waals surface area contributed by atoms with E-state index in [1.807, 2.05) is 0 Å². The highest BCUT2D eigenvalue weighted by Crippen LogP contribution is 2.43. The maximum absolute atomic E-state index is 12.5. The molecule has 0 heterocycles. The fourth-order valence-electron chi connectivity index (χ4n) is 6.15. The summed E-state index contributed by atoms with van der Waals surface area (Å²) in [4.78, 5) is 34.7. The minimum absolute atomic E-state index is 0.00797. The second-order valence-electron chi connectivity index (χ2n) is 14.7. The summed E-state index contributed by atoms with van der Waals surface area (Å²) in [6, 6.07) is 0. The van der Waals surface area contributed by atoms with Crippen LogP contribution in [0.5, 0.6) is 0 Å². The summed E-state index contributed by atoms with van der Waals surface area (Å²) in [5.74, 6) is -0.841. The molecule has 9 heteroatoms. The maximum Gasteiger partial charge on any atom is 0.472 e. The number of phosphoric acid groups is 1. The largest absolute Gasteiger partial charge is 0.472 e. The summed E-state index contributed by atoms with van der Waals surface area (Å²) < 4.78 is 32.6. The van der Waals surface area contributed by atoms with Gasteiger partial charge in [-0.2, -0.15) is 0 Å². The van der Waals surface area contributed by atoms with Gasteiger partial charge in [0.25, 0.3) is 0 Å². The molecule has 0 saturated carbocycles. The lowest BCUT2D eigenvalue weighted by Gasteiger charge is -2.19. The number of hydrogen-bond donors (Lipinski definition) is 1. The summed E-state index contributed by atoms with van der Waals surface area (Å²) >= 11 is 0. The van der Waals surface area contributed by atoms with E-state index in [4.69, 9.17) is 18.5 Å². The Balaban J connectivity index is 4.07. The molecule has 0 amide bonds. The fourth-order valence-corrected chi connectivity index (χ4v) is 6.91. The second-order valence-corrected chi connectivity index (χ2v) is 16.1. The minimum Gasteiger partial charge on any atom is -0.462 e. The molecule has 0 bridgehead atoms. The van der Waals surface area contributed by atoms with Crippen LogP contribution in [0.3, 0.4) is 0 Å². The summed E-state index contributed by atoms with van der Waals surface area (Å²) in [6.07, 6.45) is 48.9. The molecule has 1 N–H and O–H groups in total. The molecule has 0 aliphatic heterocycles. The Labute approximate surface area is 338 Å². The number of esters is 2. The average Bonchev–Trinajstić information content (AvgIpc) is 3.16. The number of unbranched alkanes of at least 4 members (excludes halogenated alkanes) is 21. The van der Waals surface area contributed by atoms with Crippen molar-refractivity contribution < 1.29 is 37.6 Å². The molecule has 8 nitrogen and oxygen atoms in total. The first-order chi connectivity index (χ1) is 26.8. The first-order valence-corrected chi connectivity index (χ1v) is 23.9. The van der Waals surface area contributed by atoms with Gasteiger partial charge >= 0.3 is 19.8 Å². The molecule has 2 atom stereocenters. The molecule has 0 spiro atoms. The number of carbonyl (C=O) groups is 2. The van der Waals surface area contributed by atoms with E-state index in [2.05, 4.69) is 62.5 Å². The van der Waals surface area contributed by atoms with E-state index in [0.717, 1.165) is 57.8 Å². The lowest BCUT2D eigenvalue weighted by molar-refractivity contribution is -0.161. The van der Waals surface area contributed by atoms with Crippen LogP contribution in [-0.2, 0) is 32.7 Å². The Morgan fingerprint density at radius 3 is 1.40 bits per heavy atom. The molecule has 0 aromatic heterocycles. The van der Waals surface area contributed by atoms with Gasteiger partial charge in [-0.15, -0.1) is 0 Å². The zero-order chi connectivity index (χ0) is 40.3. The Morgan fingerprint density at radius 2 is 0.927 bits per heavy atom. The molecule has 0 rings (SSSR count). The standard InChI is InChI=1S/C46H83O8P/c1-4-7-9-11-13-15-17-19-21-22-23-24-25-27-28-30-32-34-36-38-40-45(47)51-42-44(43-53-55(49,50)52-6-3)54-46(48)41-39-37-35-33-31-29-26-20-18-16-14-12-10-8-5-2/h8,10,14,16,20,26,31,33,44H,4-7,9,11-13,15,17-19,21-25,27-30,32,34-43H2,1-3H3,(H,49,50)/b10-8-,16-14-,26-20-,33-31-. The third-order valence-electron chi connectivity index (χ3n) is 9.40. The predicted molar refractivity (Wildman–Crippen MR) is 230 cm³/mol. The van der Waals surface area contributed by atoms with Crippen LogP contribution in [0.4, 0.5) is 0 Å². The van der Waals surface area contributed by atoms with Crippen molar-refractivity contribution in [2.24, 2.45) is 0 Å². The highest BCUT2D eigenvalue weighted by atomic mass is 31.2. The number of ether oxygens (including phenoxy) is 2.